The summed E-state index contributed by atoms with van der Waals surface area (Å²) in [6.45, 7) is 0.262. The molecule has 0 unspecified atom stereocenters. The summed E-state index contributed by atoms with van der Waals surface area (Å²) < 4.78 is 29.1. The molecule has 5 heteroatoms. The minimum absolute atomic E-state index is 0.0931. The third-order valence-corrected chi connectivity index (χ3v) is 2.42. The lowest BCUT2D eigenvalue weighted by atomic mass is 10.1. The zero-order valence-corrected chi connectivity index (χ0v) is 8.00. The molecule has 74 valence electrons. The fourth-order valence-corrected chi connectivity index (χ4v) is 1.46. The summed E-state index contributed by atoms with van der Waals surface area (Å²) in [6.07, 6.45) is 8.86. The highest BCUT2D eigenvalue weighted by atomic mass is 32.2. The predicted molar refractivity (Wildman–Crippen MR) is 51.1 cm³/mol. The molecular formula is C8H13NO3S. The van der Waals surface area contributed by atoms with Gasteiger partial charge in [-0.1, -0.05) is 24.3 Å². The SMILES string of the molecule is O=S(=O)(O)CCNC1C=CCC=C1. The van der Waals surface area contributed by atoms with Crippen LogP contribution in [0.2, 0.25) is 0 Å². The van der Waals surface area contributed by atoms with E-state index in [-0.39, 0.29) is 18.3 Å². The minimum Gasteiger partial charge on any atom is -0.306 e. The molecule has 0 atom stereocenters. The third kappa shape index (κ3) is 4.82. The van der Waals surface area contributed by atoms with Crippen LogP contribution in [0, 0.1) is 0 Å². The fourth-order valence-electron chi connectivity index (χ4n) is 1.08. The van der Waals surface area contributed by atoms with Crippen LogP contribution >= 0.6 is 0 Å². The Morgan fingerprint density at radius 2 is 2.00 bits per heavy atom. The normalized spacial score (nSPS) is 17.9. The van der Waals surface area contributed by atoms with Gasteiger partial charge in [0.2, 0.25) is 0 Å². The molecule has 0 bridgehead atoms. The molecule has 0 saturated heterocycles. The molecule has 1 aliphatic rings. The van der Waals surface area contributed by atoms with E-state index in [1.165, 1.54) is 0 Å². The maximum absolute atomic E-state index is 10.4. The van der Waals surface area contributed by atoms with Gasteiger partial charge in [-0.15, -0.1) is 0 Å². The highest BCUT2D eigenvalue weighted by Gasteiger charge is 2.06. The zero-order chi connectivity index (χ0) is 9.73. The van der Waals surface area contributed by atoms with Gasteiger partial charge in [-0.25, -0.2) is 0 Å². The first-order valence-corrected chi connectivity index (χ1v) is 5.71. The number of allylic oxidation sites excluding steroid dienone is 2. The third-order valence-electron chi connectivity index (χ3n) is 1.70. The number of hydrogen-bond acceptors (Lipinski definition) is 3. The average Bonchev–Trinajstić information content (AvgIpc) is 2.04. The van der Waals surface area contributed by atoms with Gasteiger partial charge in [0.25, 0.3) is 10.1 Å². The lowest BCUT2D eigenvalue weighted by molar-refractivity contribution is 0.480. The Hall–Kier alpha value is -0.650. The molecule has 0 saturated carbocycles. The first-order valence-electron chi connectivity index (χ1n) is 4.10. The first-order chi connectivity index (χ1) is 6.08. The van der Waals surface area contributed by atoms with Gasteiger partial charge in [-0.3, -0.25) is 4.55 Å². The molecule has 13 heavy (non-hydrogen) atoms. The molecule has 0 aliphatic heterocycles. The smallest absolute Gasteiger partial charge is 0.266 e. The summed E-state index contributed by atoms with van der Waals surface area (Å²) in [6, 6.07) is 0.0931. The van der Waals surface area contributed by atoms with Crippen molar-refractivity contribution < 1.29 is 13.0 Å². The Morgan fingerprint density at radius 3 is 2.54 bits per heavy atom. The molecule has 1 aliphatic carbocycles. The van der Waals surface area contributed by atoms with Crippen molar-refractivity contribution in [3.8, 4) is 0 Å². The van der Waals surface area contributed by atoms with Gasteiger partial charge < -0.3 is 5.32 Å². The zero-order valence-electron chi connectivity index (χ0n) is 7.18. The van der Waals surface area contributed by atoms with Gasteiger partial charge in [0.05, 0.1) is 5.75 Å². The van der Waals surface area contributed by atoms with Crippen molar-refractivity contribution in [2.24, 2.45) is 0 Å². The van der Waals surface area contributed by atoms with Crippen LogP contribution in [-0.4, -0.2) is 31.3 Å². The van der Waals surface area contributed by atoms with Gasteiger partial charge >= 0.3 is 0 Å². The molecule has 0 amide bonds. The molecule has 0 spiro atoms. The van der Waals surface area contributed by atoms with E-state index in [1.54, 1.807) is 0 Å². The van der Waals surface area contributed by atoms with Crippen LogP contribution in [0.25, 0.3) is 0 Å². The maximum atomic E-state index is 10.4. The number of hydrogen-bond donors (Lipinski definition) is 2. The molecule has 0 aromatic rings. The van der Waals surface area contributed by atoms with Crippen molar-refractivity contribution in [1.82, 2.24) is 5.32 Å². The Kier molecular flexibility index (Phi) is 3.65. The van der Waals surface area contributed by atoms with Gasteiger partial charge in [-0.05, 0) is 6.42 Å². The Labute approximate surface area is 78.1 Å². The lowest BCUT2D eigenvalue weighted by Crippen LogP contribution is -2.30. The summed E-state index contributed by atoms with van der Waals surface area (Å²) in [5.74, 6) is -0.245. The molecule has 0 heterocycles. The van der Waals surface area contributed by atoms with E-state index >= 15 is 0 Å². The van der Waals surface area contributed by atoms with Crippen molar-refractivity contribution >= 4 is 10.1 Å². The van der Waals surface area contributed by atoms with Crippen LogP contribution < -0.4 is 5.32 Å². The van der Waals surface area contributed by atoms with Crippen molar-refractivity contribution in [1.29, 1.82) is 0 Å². The highest BCUT2D eigenvalue weighted by Crippen LogP contribution is 2.00. The summed E-state index contributed by atoms with van der Waals surface area (Å²) in [5.41, 5.74) is 0. The Bertz CT molecular complexity index is 293. The van der Waals surface area contributed by atoms with E-state index in [0.717, 1.165) is 6.42 Å². The molecule has 4 nitrogen and oxygen atoms in total. The maximum Gasteiger partial charge on any atom is 0.266 e. The second kappa shape index (κ2) is 4.55. The van der Waals surface area contributed by atoms with Crippen LogP contribution in [-0.2, 0) is 10.1 Å². The highest BCUT2D eigenvalue weighted by molar-refractivity contribution is 7.85. The van der Waals surface area contributed by atoms with Crippen LogP contribution in [0.5, 0.6) is 0 Å². The van der Waals surface area contributed by atoms with E-state index in [9.17, 15) is 8.42 Å². The number of nitrogens with one attached hydrogen (secondary N) is 1. The monoisotopic (exact) mass is 203 g/mol. The average molecular weight is 203 g/mol. The predicted octanol–water partition coefficient (Wildman–Crippen LogP) is 0.349. The Balaban J connectivity index is 2.23. The van der Waals surface area contributed by atoms with Crippen molar-refractivity contribution in [3.63, 3.8) is 0 Å². The van der Waals surface area contributed by atoms with Gasteiger partial charge in [0, 0.05) is 12.6 Å². The molecule has 2 N–H and O–H groups in total. The van der Waals surface area contributed by atoms with E-state index in [4.69, 9.17) is 4.55 Å². The van der Waals surface area contributed by atoms with Crippen LogP contribution in [0.3, 0.4) is 0 Å². The second-order valence-electron chi connectivity index (χ2n) is 2.86. The summed E-state index contributed by atoms with van der Waals surface area (Å²) in [5, 5.41) is 2.97. The number of rotatable bonds is 4. The first kappa shape index (κ1) is 10.4. The van der Waals surface area contributed by atoms with Crippen LogP contribution in [0.15, 0.2) is 24.3 Å². The van der Waals surface area contributed by atoms with Crippen molar-refractivity contribution in [3.05, 3.63) is 24.3 Å². The van der Waals surface area contributed by atoms with Crippen molar-refractivity contribution in [2.75, 3.05) is 12.3 Å². The van der Waals surface area contributed by atoms with Crippen LogP contribution in [0.1, 0.15) is 6.42 Å². The topological polar surface area (TPSA) is 66.4 Å². The Morgan fingerprint density at radius 1 is 1.38 bits per heavy atom. The molecule has 0 radical (unpaired) electrons. The minimum atomic E-state index is -3.84. The van der Waals surface area contributed by atoms with E-state index in [0.29, 0.717) is 0 Å². The van der Waals surface area contributed by atoms with E-state index in [1.807, 2.05) is 24.3 Å². The summed E-state index contributed by atoms with van der Waals surface area (Å²) >= 11 is 0. The molecular weight excluding hydrogens is 190 g/mol. The largest absolute Gasteiger partial charge is 0.306 e. The van der Waals surface area contributed by atoms with Gasteiger partial charge in [0.1, 0.15) is 0 Å². The van der Waals surface area contributed by atoms with Gasteiger partial charge in [-0.2, -0.15) is 8.42 Å². The summed E-state index contributed by atoms with van der Waals surface area (Å²) in [4.78, 5) is 0. The fraction of sp³-hybridized carbons (Fsp3) is 0.500. The molecule has 0 aromatic heterocycles. The standard InChI is InChI=1S/C8H13NO3S/c10-13(11,12)7-6-9-8-4-2-1-3-5-8/h2-5,8-9H,1,6-7H2,(H,10,11,12). The molecule has 1 rings (SSSR count). The van der Waals surface area contributed by atoms with Gasteiger partial charge in [0.15, 0.2) is 0 Å². The lowest BCUT2D eigenvalue weighted by Gasteiger charge is -2.11. The molecule has 0 fully saturated rings. The quantitative estimate of drug-likeness (QED) is 0.511. The van der Waals surface area contributed by atoms with Crippen LogP contribution in [0.4, 0.5) is 0 Å². The summed E-state index contributed by atoms with van der Waals surface area (Å²) in [7, 11) is -3.84. The van der Waals surface area contributed by atoms with Crippen molar-refractivity contribution in [2.45, 2.75) is 12.5 Å². The molecule has 0 aromatic carbocycles. The van der Waals surface area contributed by atoms with E-state index in [2.05, 4.69) is 5.32 Å². The second-order valence-corrected chi connectivity index (χ2v) is 4.43. The van der Waals surface area contributed by atoms with E-state index < -0.39 is 10.1 Å².